The number of amides is 1. The van der Waals surface area contributed by atoms with Crippen LogP contribution in [0.15, 0.2) is 24.3 Å². The van der Waals surface area contributed by atoms with Crippen molar-refractivity contribution >= 4 is 17.7 Å². The molecule has 1 aliphatic rings. The van der Waals surface area contributed by atoms with Crippen molar-refractivity contribution in [3.05, 3.63) is 35.6 Å². The molecule has 0 saturated heterocycles. The van der Waals surface area contributed by atoms with E-state index in [0.29, 0.717) is 6.54 Å². The van der Waals surface area contributed by atoms with Gasteiger partial charge in [-0.3, -0.25) is 4.79 Å². The third kappa shape index (κ3) is 4.53. The SMILES string of the molecule is O=C(NCCSC1CCCCC1)c1ccccc1F. The van der Waals surface area contributed by atoms with Crippen molar-refractivity contribution in [2.45, 2.75) is 37.4 Å². The summed E-state index contributed by atoms with van der Waals surface area (Å²) in [5, 5.41) is 3.53. The zero-order chi connectivity index (χ0) is 13.5. The highest BCUT2D eigenvalue weighted by Crippen LogP contribution is 2.27. The first kappa shape index (κ1) is 14.4. The number of hydrogen-bond acceptors (Lipinski definition) is 2. The molecule has 0 aromatic heterocycles. The van der Waals surface area contributed by atoms with Crippen LogP contribution in [0.25, 0.3) is 0 Å². The van der Waals surface area contributed by atoms with Gasteiger partial charge in [0.25, 0.3) is 5.91 Å². The molecule has 1 aliphatic carbocycles. The average molecular weight is 281 g/mol. The maximum absolute atomic E-state index is 13.4. The molecule has 1 fully saturated rings. The Balaban J connectivity index is 1.68. The van der Waals surface area contributed by atoms with Crippen LogP contribution in [0.3, 0.4) is 0 Å². The number of hydrogen-bond donors (Lipinski definition) is 1. The molecule has 2 nitrogen and oxygen atoms in total. The van der Waals surface area contributed by atoms with Crippen molar-refractivity contribution in [2.24, 2.45) is 0 Å². The molecule has 0 atom stereocenters. The summed E-state index contributed by atoms with van der Waals surface area (Å²) in [6.07, 6.45) is 6.62. The topological polar surface area (TPSA) is 29.1 Å². The van der Waals surface area contributed by atoms with Crippen LogP contribution in [0.1, 0.15) is 42.5 Å². The van der Waals surface area contributed by atoms with Gasteiger partial charge in [0.1, 0.15) is 5.82 Å². The van der Waals surface area contributed by atoms with E-state index in [1.165, 1.54) is 44.2 Å². The van der Waals surface area contributed by atoms with Gasteiger partial charge < -0.3 is 5.32 Å². The summed E-state index contributed by atoms with van der Waals surface area (Å²) >= 11 is 1.93. The Morgan fingerprint density at radius 3 is 2.74 bits per heavy atom. The molecule has 0 aliphatic heterocycles. The second kappa shape index (κ2) is 7.53. The third-order valence-corrected chi connectivity index (χ3v) is 4.79. The van der Waals surface area contributed by atoms with Crippen molar-refractivity contribution in [3.8, 4) is 0 Å². The summed E-state index contributed by atoms with van der Waals surface area (Å²) in [6, 6.07) is 6.09. The van der Waals surface area contributed by atoms with E-state index in [9.17, 15) is 9.18 Å². The Bertz CT molecular complexity index is 418. The Morgan fingerprint density at radius 1 is 1.26 bits per heavy atom. The Hall–Kier alpha value is -1.03. The maximum atomic E-state index is 13.4. The van der Waals surface area contributed by atoms with Crippen LogP contribution in [0.4, 0.5) is 4.39 Å². The molecule has 104 valence electrons. The van der Waals surface area contributed by atoms with Gasteiger partial charge in [0, 0.05) is 17.5 Å². The van der Waals surface area contributed by atoms with Gasteiger partial charge in [0.05, 0.1) is 5.56 Å². The van der Waals surface area contributed by atoms with Gasteiger partial charge >= 0.3 is 0 Å². The van der Waals surface area contributed by atoms with Gasteiger partial charge in [0.2, 0.25) is 0 Å². The fourth-order valence-corrected chi connectivity index (χ4v) is 3.58. The number of nitrogens with one attached hydrogen (secondary N) is 1. The molecule has 0 radical (unpaired) electrons. The maximum Gasteiger partial charge on any atom is 0.254 e. The number of rotatable bonds is 5. The fraction of sp³-hybridized carbons (Fsp3) is 0.533. The van der Waals surface area contributed by atoms with Crippen LogP contribution in [0.5, 0.6) is 0 Å². The second-order valence-electron chi connectivity index (χ2n) is 4.87. The molecular weight excluding hydrogens is 261 g/mol. The van der Waals surface area contributed by atoms with Crippen LogP contribution in [-0.4, -0.2) is 23.5 Å². The highest BCUT2D eigenvalue weighted by Gasteiger charge is 2.14. The minimum Gasteiger partial charge on any atom is -0.351 e. The van der Waals surface area contributed by atoms with E-state index in [-0.39, 0.29) is 11.5 Å². The van der Waals surface area contributed by atoms with Crippen molar-refractivity contribution in [1.29, 1.82) is 0 Å². The van der Waals surface area contributed by atoms with E-state index in [4.69, 9.17) is 0 Å². The van der Waals surface area contributed by atoms with Crippen molar-refractivity contribution < 1.29 is 9.18 Å². The molecule has 0 spiro atoms. The molecule has 0 bridgehead atoms. The summed E-state index contributed by atoms with van der Waals surface area (Å²) in [5.74, 6) is 0.132. The molecule has 0 unspecified atom stereocenters. The third-order valence-electron chi connectivity index (χ3n) is 3.41. The van der Waals surface area contributed by atoms with E-state index in [2.05, 4.69) is 5.32 Å². The zero-order valence-electron chi connectivity index (χ0n) is 11.0. The molecule has 4 heteroatoms. The van der Waals surface area contributed by atoms with Gasteiger partial charge in [-0.25, -0.2) is 4.39 Å². The number of carbonyl (C=O) groups is 1. The van der Waals surface area contributed by atoms with Gasteiger partial charge in [-0.15, -0.1) is 0 Å². The lowest BCUT2D eigenvalue weighted by Gasteiger charge is -2.20. The average Bonchev–Trinajstić information content (AvgIpc) is 2.45. The summed E-state index contributed by atoms with van der Waals surface area (Å²) in [7, 11) is 0. The summed E-state index contributed by atoms with van der Waals surface area (Å²) in [5.41, 5.74) is 0.130. The molecule has 19 heavy (non-hydrogen) atoms. The first-order valence-electron chi connectivity index (χ1n) is 6.91. The van der Waals surface area contributed by atoms with Gasteiger partial charge in [-0.1, -0.05) is 31.4 Å². The Labute approximate surface area is 118 Å². The Morgan fingerprint density at radius 2 is 2.00 bits per heavy atom. The number of halogens is 1. The number of carbonyl (C=O) groups excluding carboxylic acids is 1. The number of thioether (sulfide) groups is 1. The Kier molecular flexibility index (Phi) is 5.70. The van der Waals surface area contributed by atoms with Crippen LogP contribution in [0, 0.1) is 5.82 Å². The fourth-order valence-electron chi connectivity index (χ4n) is 2.36. The van der Waals surface area contributed by atoms with E-state index in [1.807, 2.05) is 11.8 Å². The second-order valence-corrected chi connectivity index (χ2v) is 6.27. The molecule has 1 aromatic carbocycles. The summed E-state index contributed by atoms with van der Waals surface area (Å²) in [4.78, 5) is 11.8. The summed E-state index contributed by atoms with van der Waals surface area (Å²) < 4.78 is 13.4. The molecule has 1 aromatic rings. The standard InChI is InChI=1S/C15H20FNOS/c16-14-9-5-4-8-13(14)15(18)17-10-11-19-12-6-2-1-3-7-12/h4-5,8-9,12H,1-3,6-7,10-11H2,(H,17,18). The van der Waals surface area contributed by atoms with Crippen molar-refractivity contribution in [1.82, 2.24) is 5.32 Å². The zero-order valence-corrected chi connectivity index (χ0v) is 11.8. The van der Waals surface area contributed by atoms with E-state index in [0.717, 1.165) is 11.0 Å². The normalized spacial score (nSPS) is 16.3. The minimum atomic E-state index is -0.458. The van der Waals surface area contributed by atoms with Crippen LogP contribution < -0.4 is 5.32 Å². The van der Waals surface area contributed by atoms with Crippen LogP contribution in [0.2, 0.25) is 0 Å². The monoisotopic (exact) mass is 281 g/mol. The van der Waals surface area contributed by atoms with Gasteiger partial charge in [-0.05, 0) is 25.0 Å². The lowest BCUT2D eigenvalue weighted by Crippen LogP contribution is -2.27. The minimum absolute atomic E-state index is 0.130. The highest BCUT2D eigenvalue weighted by atomic mass is 32.2. The largest absolute Gasteiger partial charge is 0.351 e. The molecule has 1 amide bonds. The van der Waals surface area contributed by atoms with Crippen molar-refractivity contribution in [2.75, 3.05) is 12.3 Å². The van der Waals surface area contributed by atoms with Crippen LogP contribution >= 0.6 is 11.8 Å². The molecule has 2 rings (SSSR count). The highest BCUT2D eigenvalue weighted by molar-refractivity contribution is 7.99. The van der Waals surface area contributed by atoms with Crippen LogP contribution in [-0.2, 0) is 0 Å². The molecule has 1 saturated carbocycles. The first-order chi connectivity index (χ1) is 9.27. The molecule has 0 heterocycles. The molecule has 1 N–H and O–H groups in total. The lowest BCUT2D eigenvalue weighted by atomic mass is 10.0. The summed E-state index contributed by atoms with van der Waals surface area (Å²) in [6.45, 7) is 0.605. The van der Waals surface area contributed by atoms with Gasteiger partial charge in [-0.2, -0.15) is 11.8 Å². The first-order valence-corrected chi connectivity index (χ1v) is 7.96. The van der Waals surface area contributed by atoms with E-state index < -0.39 is 5.82 Å². The predicted molar refractivity (Wildman–Crippen MR) is 78.1 cm³/mol. The van der Waals surface area contributed by atoms with Gasteiger partial charge in [0.15, 0.2) is 0 Å². The smallest absolute Gasteiger partial charge is 0.254 e. The number of benzene rings is 1. The molecular formula is C15H20FNOS. The van der Waals surface area contributed by atoms with E-state index in [1.54, 1.807) is 12.1 Å². The quantitative estimate of drug-likeness (QED) is 0.835. The van der Waals surface area contributed by atoms with E-state index >= 15 is 0 Å². The lowest BCUT2D eigenvalue weighted by molar-refractivity contribution is 0.0952. The van der Waals surface area contributed by atoms with Crippen molar-refractivity contribution in [3.63, 3.8) is 0 Å². The predicted octanol–water partition coefficient (Wildman–Crippen LogP) is 3.62.